The number of ketones is 1. The summed E-state index contributed by atoms with van der Waals surface area (Å²) in [5.41, 5.74) is 0.696. The van der Waals surface area contributed by atoms with E-state index < -0.39 is 17.4 Å². The maximum Gasteiger partial charge on any atom is 0.196 e. The fourth-order valence-corrected chi connectivity index (χ4v) is 3.44. The van der Waals surface area contributed by atoms with Crippen LogP contribution in [0, 0.1) is 25.5 Å². The third kappa shape index (κ3) is 2.96. The predicted molar refractivity (Wildman–Crippen MR) is 91.1 cm³/mol. The Kier molecular flexibility index (Phi) is 5.32. The Morgan fingerprint density at radius 2 is 1.23 bits per heavy atom. The molecule has 0 aliphatic carbocycles. The van der Waals surface area contributed by atoms with Gasteiger partial charge in [-0.1, -0.05) is 23.2 Å². The maximum absolute atomic E-state index is 13.8. The smallest absolute Gasteiger partial charge is 0.196 e. The van der Waals surface area contributed by atoms with Crippen molar-refractivity contribution in [2.75, 3.05) is 0 Å². The number of halogens is 6. The summed E-state index contributed by atoms with van der Waals surface area (Å²) in [5.74, 6) is -1.59. The molecular formula is C15H8Br2Cl2F2O. The number of hydrogen-bond acceptors (Lipinski definition) is 1. The summed E-state index contributed by atoms with van der Waals surface area (Å²) in [6.45, 7) is 3.03. The fraction of sp³-hybridized carbons (Fsp3) is 0.133. The highest BCUT2D eigenvalue weighted by Crippen LogP contribution is 2.36. The molecule has 0 amide bonds. The molecule has 7 heteroatoms. The van der Waals surface area contributed by atoms with Gasteiger partial charge >= 0.3 is 0 Å². The van der Waals surface area contributed by atoms with Gasteiger partial charge in [0.15, 0.2) is 5.78 Å². The molecule has 2 rings (SSSR count). The van der Waals surface area contributed by atoms with Gasteiger partial charge in [0, 0.05) is 11.1 Å². The van der Waals surface area contributed by atoms with E-state index in [0.717, 1.165) is 0 Å². The zero-order chi connectivity index (χ0) is 16.8. The Balaban J connectivity index is 2.69. The molecule has 2 aromatic rings. The Hall–Kier alpha value is -0.490. The molecule has 0 saturated heterocycles. The second-order valence-electron chi connectivity index (χ2n) is 4.70. The number of benzene rings is 2. The van der Waals surface area contributed by atoms with Crippen molar-refractivity contribution in [3.63, 3.8) is 0 Å². The highest BCUT2D eigenvalue weighted by molar-refractivity contribution is 9.10. The van der Waals surface area contributed by atoms with Crippen LogP contribution in [0.3, 0.4) is 0 Å². The van der Waals surface area contributed by atoms with Crippen molar-refractivity contribution in [3.05, 3.63) is 65.0 Å². The zero-order valence-electron chi connectivity index (χ0n) is 11.3. The first-order chi connectivity index (χ1) is 10.2. The monoisotopic (exact) mass is 470 g/mol. The van der Waals surface area contributed by atoms with E-state index in [9.17, 15) is 13.6 Å². The number of carbonyl (C=O) groups excluding carboxylic acids is 1. The number of hydrogen-bond donors (Lipinski definition) is 0. The van der Waals surface area contributed by atoms with Crippen molar-refractivity contribution in [1.82, 2.24) is 0 Å². The molecule has 0 fully saturated rings. The minimum absolute atomic E-state index is 0.00605. The van der Waals surface area contributed by atoms with Crippen molar-refractivity contribution < 1.29 is 13.6 Å². The molecule has 0 atom stereocenters. The van der Waals surface area contributed by atoms with Gasteiger partial charge in [-0.15, -0.1) is 0 Å². The van der Waals surface area contributed by atoms with Gasteiger partial charge in [-0.3, -0.25) is 4.79 Å². The lowest BCUT2D eigenvalue weighted by molar-refractivity contribution is 0.103. The molecule has 0 N–H and O–H groups in total. The third-order valence-electron chi connectivity index (χ3n) is 3.15. The van der Waals surface area contributed by atoms with Crippen LogP contribution in [0.5, 0.6) is 0 Å². The van der Waals surface area contributed by atoms with Crippen molar-refractivity contribution in [2.45, 2.75) is 13.8 Å². The largest absolute Gasteiger partial charge is 0.288 e. The predicted octanol–water partition coefficient (Wildman–Crippen LogP) is 6.64. The Labute approximate surface area is 152 Å². The fourth-order valence-electron chi connectivity index (χ4n) is 1.94. The second kappa shape index (κ2) is 6.56. The van der Waals surface area contributed by atoms with Gasteiger partial charge in [0.1, 0.15) is 11.6 Å². The Morgan fingerprint density at radius 3 is 1.55 bits per heavy atom. The van der Waals surface area contributed by atoms with Crippen LogP contribution in [0.1, 0.15) is 27.0 Å². The molecule has 0 saturated carbocycles. The highest BCUT2D eigenvalue weighted by Gasteiger charge is 2.23. The Morgan fingerprint density at radius 1 is 0.909 bits per heavy atom. The average molecular weight is 473 g/mol. The minimum atomic E-state index is -0.538. The van der Waals surface area contributed by atoms with Crippen LogP contribution in [0.2, 0.25) is 10.0 Å². The molecule has 116 valence electrons. The van der Waals surface area contributed by atoms with Crippen molar-refractivity contribution in [3.8, 4) is 0 Å². The lowest BCUT2D eigenvalue weighted by atomic mass is 9.99. The maximum atomic E-state index is 13.8. The van der Waals surface area contributed by atoms with Crippen molar-refractivity contribution in [2.24, 2.45) is 0 Å². The number of rotatable bonds is 2. The molecular weight excluding hydrogens is 465 g/mol. The van der Waals surface area contributed by atoms with E-state index in [1.54, 1.807) is 0 Å². The van der Waals surface area contributed by atoms with E-state index in [-0.39, 0.29) is 41.2 Å². The van der Waals surface area contributed by atoms with E-state index in [2.05, 4.69) is 31.9 Å². The molecule has 1 nitrogen and oxygen atoms in total. The van der Waals surface area contributed by atoms with E-state index in [1.165, 1.54) is 26.0 Å². The first-order valence-corrected chi connectivity index (χ1v) is 8.33. The first kappa shape index (κ1) is 17.9. The van der Waals surface area contributed by atoms with Crippen LogP contribution >= 0.6 is 55.1 Å². The van der Waals surface area contributed by atoms with E-state index in [0.29, 0.717) is 0 Å². The normalized spacial score (nSPS) is 10.9. The lowest BCUT2D eigenvalue weighted by Crippen LogP contribution is -2.07. The van der Waals surface area contributed by atoms with Gasteiger partial charge in [0.2, 0.25) is 0 Å². The van der Waals surface area contributed by atoms with Crippen LogP contribution in [-0.4, -0.2) is 5.78 Å². The summed E-state index contributed by atoms with van der Waals surface area (Å²) < 4.78 is 27.6. The summed E-state index contributed by atoms with van der Waals surface area (Å²) in [5, 5.41) is -0.107. The molecule has 0 aliphatic rings. The standard InChI is InChI=1S/C15H8Br2Cl2F2O/c1-5-3-7(11(18)9(16)13(5)20)15(22)8-4-6(2)14(21)10(17)12(8)19/h3-4H,1-2H3. The van der Waals surface area contributed by atoms with Gasteiger partial charge in [-0.05, 0) is 69.0 Å². The summed E-state index contributed by atoms with van der Waals surface area (Å²) in [6, 6.07) is 2.68. The van der Waals surface area contributed by atoms with Crippen molar-refractivity contribution in [1.29, 1.82) is 0 Å². The molecule has 0 bridgehead atoms. The number of aryl methyl sites for hydroxylation is 2. The third-order valence-corrected chi connectivity index (χ3v) is 5.88. The van der Waals surface area contributed by atoms with Gasteiger partial charge in [0.25, 0.3) is 0 Å². The molecule has 0 heterocycles. The SMILES string of the molecule is Cc1cc(C(=O)c2cc(C)c(F)c(Br)c2Cl)c(Cl)c(Br)c1F. The molecule has 0 unspecified atom stereocenters. The molecule has 0 aromatic heterocycles. The quantitative estimate of drug-likeness (QED) is 0.353. The highest BCUT2D eigenvalue weighted by atomic mass is 79.9. The lowest BCUT2D eigenvalue weighted by Gasteiger charge is -2.12. The molecule has 22 heavy (non-hydrogen) atoms. The summed E-state index contributed by atoms with van der Waals surface area (Å²) in [4.78, 5) is 12.7. The number of carbonyl (C=O) groups is 1. The van der Waals surface area contributed by atoms with Crippen LogP contribution < -0.4 is 0 Å². The van der Waals surface area contributed by atoms with Crippen LogP contribution in [-0.2, 0) is 0 Å². The van der Waals surface area contributed by atoms with E-state index in [1.807, 2.05) is 0 Å². The van der Waals surface area contributed by atoms with Gasteiger partial charge in [-0.25, -0.2) is 8.78 Å². The zero-order valence-corrected chi connectivity index (χ0v) is 16.0. The van der Waals surface area contributed by atoms with Crippen LogP contribution in [0.25, 0.3) is 0 Å². The van der Waals surface area contributed by atoms with Gasteiger partial charge in [0.05, 0.1) is 19.0 Å². The molecule has 0 radical (unpaired) electrons. The van der Waals surface area contributed by atoms with Crippen LogP contribution in [0.15, 0.2) is 21.1 Å². The average Bonchev–Trinajstić information content (AvgIpc) is 2.49. The van der Waals surface area contributed by atoms with E-state index in [4.69, 9.17) is 23.2 Å². The summed E-state index contributed by atoms with van der Waals surface area (Å²) in [6.07, 6.45) is 0. The Bertz CT molecular complexity index is 742. The van der Waals surface area contributed by atoms with Gasteiger partial charge < -0.3 is 0 Å². The first-order valence-electron chi connectivity index (χ1n) is 5.99. The van der Waals surface area contributed by atoms with Crippen molar-refractivity contribution >= 4 is 60.8 Å². The summed E-state index contributed by atoms with van der Waals surface area (Å²) >= 11 is 18.1. The minimum Gasteiger partial charge on any atom is -0.288 e. The van der Waals surface area contributed by atoms with E-state index >= 15 is 0 Å². The molecule has 2 aromatic carbocycles. The second-order valence-corrected chi connectivity index (χ2v) is 7.04. The summed E-state index contributed by atoms with van der Waals surface area (Å²) in [7, 11) is 0. The van der Waals surface area contributed by atoms with Crippen LogP contribution in [0.4, 0.5) is 8.78 Å². The molecule has 0 spiro atoms. The molecule has 0 aliphatic heterocycles. The topological polar surface area (TPSA) is 17.1 Å². The van der Waals surface area contributed by atoms with Gasteiger partial charge in [-0.2, -0.15) is 0 Å².